The molecule has 0 heterocycles. The summed E-state index contributed by atoms with van der Waals surface area (Å²) in [7, 11) is 1.80. The molecule has 1 saturated carbocycles. The molecule has 2 nitrogen and oxygen atoms in total. The highest BCUT2D eigenvalue weighted by Gasteiger charge is 2.37. The van der Waals surface area contributed by atoms with E-state index in [2.05, 4.69) is 12.4 Å². The van der Waals surface area contributed by atoms with E-state index in [1.54, 1.807) is 7.05 Å². The van der Waals surface area contributed by atoms with Gasteiger partial charge in [-0.25, -0.2) is 5.48 Å². The molecule has 0 atom stereocenters. The van der Waals surface area contributed by atoms with Gasteiger partial charge >= 0.3 is 0 Å². The number of hydrogen-bond acceptors (Lipinski definition) is 2. The molecule has 0 aromatic rings. The fourth-order valence-electron chi connectivity index (χ4n) is 0.604. The van der Waals surface area contributed by atoms with Gasteiger partial charge in [0.2, 0.25) is 0 Å². The Morgan fingerprint density at radius 3 is 2.62 bits per heavy atom. The molecular formula is C6H13NO. The van der Waals surface area contributed by atoms with Gasteiger partial charge in [-0.1, -0.05) is 6.92 Å². The Labute approximate surface area is 50.2 Å². The van der Waals surface area contributed by atoms with Crippen LogP contribution in [0.1, 0.15) is 19.8 Å². The molecule has 0 spiro atoms. The minimum absolute atomic E-state index is 0.517. The van der Waals surface area contributed by atoms with Crippen LogP contribution in [0.5, 0.6) is 0 Å². The molecule has 48 valence electrons. The Hall–Kier alpha value is -0.0800. The van der Waals surface area contributed by atoms with Crippen LogP contribution >= 0.6 is 0 Å². The summed E-state index contributed by atoms with van der Waals surface area (Å²) in [6.07, 6.45) is 2.66. The zero-order chi connectivity index (χ0) is 6.04. The van der Waals surface area contributed by atoms with E-state index in [9.17, 15) is 0 Å². The Morgan fingerprint density at radius 1 is 1.62 bits per heavy atom. The van der Waals surface area contributed by atoms with Gasteiger partial charge in [0.15, 0.2) is 0 Å². The Morgan fingerprint density at radius 2 is 2.25 bits per heavy atom. The van der Waals surface area contributed by atoms with Crippen LogP contribution in [0.2, 0.25) is 0 Å². The van der Waals surface area contributed by atoms with Crippen LogP contribution in [0.25, 0.3) is 0 Å². The van der Waals surface area contributed by atoms with Gasteiger partial charge in [-0.15, -0.1) is 0 Å². The molecule has 0 unspecified atom stereocenters. The summed E-state index contributed by atoms with van der Waals surface area (Å²) in [6, 6.07) is 0. The maximum absolute atomic E-state index is 5.01. The summed E-state index contributed by atoms with van der Waals surface area (Å²) >= 11 is 0. The lowest BCUT2D eigenvalue weighted by atomic mass is 10.2. The van der Waals surface area contributed by atoms with Crippen molar-refractivity contribution in [1.82, 2.24) is 5.48 Å². The van der Waals surface area contributed by atoms with Crippen LogP contribution in [0.4, 0.5) is 0 Å². The van der Waals surface area contributed by atoms with Crippen molar-refractivity contribution >= 4 is 0 Å². The molecule has 2 heteroatoms. The maximum atomic E-state index is 5.01. The van der Waals surface area contributed by atoms with Crippen LogP contribution in [-0.2, 0) is 4.84 Å². The molecule has 8 heavy (non-hydrogen) atoms. The van der Waals surface area contributed by atoms with Gasteiger partial charge in [-0.05, 0) is 18.3 Å². The van der Waals surface area contributed by atoms with Crippen molar-refractivity contribution in [1.29, 1.82) is 0 Å². The largest absolute Gasteiger partial charge is 0.302 e. The Balaban J connectivity index is 2.01. The lowest BCUT2D eigenvalue weighted by Crippen LogP contribution is -2.14. The third kappa shape index (κ3) is 1.46. The highest BCUT2D eigenvalue weighted by Crippen LogP contribution is 2.44. The topological polar surface area (TPSA) is 21.3 Å². The van der Waals surface area contributed by atoms with E-state index < -0.39 is 0 Å². The van der Waals surface area contributed by atoms with Crippen molar-refractivity contribution in [3.63, 3.8) is 0 Å². The van der Waals surface area contributed by atoms with Crippen molar-refractivity contribution in [2.75, 3.05) is 13.7 Å². The average molecular weight is 115 g/mol. The lowest BCUT2D eigenvalue weighted by molar-refractivity contribution is 0.0289. The monoisotopic (exact) mass is 115 g/mol. The lowest BCUT2D eigenvalue weighted by Gasteiger charge is -2.05. The molecule has 1 aliphatic carbocycles. The highest BCUT2D eigenvalue weighted by molar-refractivity contribution is 4.87. The first-order valence-corrected chi connectivity index (χ1v) is 3.05. The van der Waals surface area contributed by atoms with E-state index in [4.69, 9.17) is 4.84 Å². The highest BCUT2D eigenvalue weighted by atomic mass is 16.6. The van der Waals surface area contributed by atoms with Gasteiger partial charge in [-0.3, -0.25) is 0 Å². The van der Waals surface area contributed by atoms with Crippen molar-refractivity contribution < 1.29 is 4.84 Å². The molecule has 0 radical (unpaired) electrons. The molecule has 1 rings (SSSR count). The Kier molecular flexibility index (Phi) is 1.54. The summed E-state index contributed by atoms with van der Waals surface area (Å²) in [5.74, 6) is 0. The molecule has 0 bridgehead atoms. The zero-order valence-corrected chi connectivity index (χ0v) is 5.53. The van der Waals surface area contributed by atoms with E-state index in [0.717, 1.165) is 6.61 Å². The summed E-state index contributed by atoms with van der Waals surface area (Å²) in [5, 5.41) is 0. The van der Waals surface area contributed by atoms with Gasteiger partial charge < -0.3 is 4.84 Å². The van der Waals surface area contributed by atoms with Crippen molar-refractivity contribution in [2.45, 2.75) is 19.8 Å². The maximum Gasteiger partial charge on any atom is 0.0735 e. The normalized spacial score (nSPS) is 23.2. The van der Waals surface area contributed by atoms with Crippen molar-refractivity contribution in [3.8, 4) is 0 Å². The molecule has 0 aromatic heterocycles. The molecule has 0 amide bonds. The minimum atomic E-state index is 0.517. The SMILES string of the molecule is CNOCC1(C)CC1. The number of rotatable bonds is 3. The number of nitrogens with one attached hydrogen (secondary N) is 1. The number of hydrogen-bond donors (Lipinski definition) is 1. The van der Waals surface area contributed by atoms with E-state index in [1.807, 2.05) is 0 Å². The van der Waals surface area contributed by atoms with Crippen LogP contribution < -0.4 is 5.48 Å². The second-order valence-corrected chi connectivity index (χ2v) is 2.80. The van der Waals surface area contributed by atoms with Crippen molar-refractivity contribution in [2.24, 2.45) is 5.41 Å². The summed E-state index contributed by atoms with van der Waals surface area (Å²) in [6.45, 7) is 3.10. The van der Waals surface area contributed by atoms with E-state index >= 15 is 0 Å². The first-order valence-electron chi connectivity index (χ1n) is 3.05. The summed E-state index contributed by atoms with van der Waals surface area (Å²) < 4.78 is 0. The third-order valence-corrected chi connectivity index (χ3v) is 1.67. The summed E-state index contributed by atoms with van der Waals surface area (Å²) in [4.78, 5) is 5.01. The fourth-order valence-corrected chi connectivity index (χ4v) is 0.604. The van der Waals surface area contributed by atoms with Crippen molar-refractivity contribution in [3.05, 3.63) is 0 Å². The predicted molar refractivity (Wildman–Crippen MR) is 32.4 cm³/mol. The smallest absolute Gasteiger partial charge is 0.0735 e. The first kappa shape index (κ1) is 6.05. The summed E-state index contributed by atoms with van der Waals surface area (Å²) in [5.41, 5.74) is 3.18. The number of hydroxylamine groups is 1. The second-order valence-electron chi connectivity index (χ2n) is 2.80. The minimum Gasteiger partial charge on any atom is -0.302 e. The molecule has 0 saturated heterocycles. The zero-order valence-electron chi connectivity index (χ0n) is 5.53. The average Bonchev–Trinajstić information content (AvgIpc) is 2.45. The molecule has 0 aliphatic heterocycles. The van der Waals surface area contributed by atoms with Gasteiger partial charge in [0.1, 0.15) is 0 Å². The Bertz CT molecular complexity index is 78.6. The third-order valence-electron chi connectivity index (χ3n) is 1.67. The molecule has 1 N–H and O–H groups in total. The van der Waals surface area contributed by atoms with E-state index in [0.29, 0.717) is 5.41 Å². The quantitative estimate of drug-likeness (QED) is 0.553. The second kappa shape index (κ2) is 2.03. The fraction of sp³-hybridized carbons (Fsp3) is 1.00. The van der Waals surface area contributed by atoms with E-state index in [1.165, 1.54) is 12.8 Å². The van der Waals surface area contributed by atoms with Crippen LogP contribution in [0.15, 0.2) is 0 Å². The van der Waals surface area contributed by atoms with E-state index in [-0.39, 0.29) is 0 Å². The first-order chi connectivity index (χ1) is 3.77. The van der Waals surface area contributed by atoms with Gasteiger partial charge in [-0.2, -0.15) is 0 Å². The van der Waals surface area contributed by atoms with Gasteiger partial charge in [0.25, 0.3) is 0 Å². The molecular weight excluding hydrogens is 102 g/mol. The predicted octanol–water partition coefficient (Wildman–Crippen LogP) is 0.937. The van der Waals surface area contributed by atoms with Gasteiger partial charge in [0.05, 0.1) is 6.61 Å². The van der Waals surface area contributed by atoms with Crippen LogP contribution in [0.3, 0.4) is 0 Å². The molecule has 1 aliphatic rings. The standard InChI is InChI=1S/C6H13NO/c1-6(3-4-6)5-8-7-2/h7H,3-5H2,1-2H3. The van der Waals surface area contributed by atoms with Crippen LogP contribution in [0, 0.1) is 5.41 Å². The molecule has 0 aromatic carbocycles. The van der Waals surface area contributed by atoms with Gasteiger partial charge in [0, 0.05) is 7.05 Å². The van der Waals surface area contributed by atoms with Crippen LogP contribution in [-0.4, -0.2) is 13.7 Å². The molecule has 1 fully saturated rings.